The Balaban J connectivity index is 2.05. The predicted molar refractivity (Wildman–Crippen MR) is 114 cm³/mol. The molecule has 2 heterocycles. The van der Waals surface area contributed by atoms with E-state index >= 15 is 0 Å². The smallest absolute Gasteiger partial charge is 0.323 e. The van der Waals surface area contributed by atoms with E-state index in [-0.39, 0.29) is 13.1 Å². The van der Waals surface area contributed by atoms with Crippen molar-refractivity contribution < 1.29 is 19.8 Å². The second-order valence-corrected chi connectivity index (χ2v) is 9.17. The van der Waals surface area contributed by atoms with Crippen molar-refractivity contribution in [3.05, 3.63) is 17.9 Å². The van der Waals surface area contributed by atoms with Crippen molar-refractivity contribution in [1.82, 2.24) is 14.5 Å². The Bertz CT molecular complexity index is 925. The number of hydrogen-bond acceptors (Lipinski definition) is 5. The second kappa shape index (κ2) is 8.36. The minimum atomic E-state index is -0.970. The maximum absolute atomic E-state index is 11.5. The molecule has 0 saturated carbocycles. The quantitative estimate of drug-likeness (QED) is 0.385. The molecule has 146 valence electrons. The number of piperazine rings is 1. The van der Waals surface area contributed by atoms with Crippen LogP contribution in [0.25, 0.3) is 11.0 Å². The highest BCUT2D eigenvalue weighted by atomic mass is 79.9. The summed E-state index contributed by atoms with van der Waals surface area (Å²) < 4.78 is 4.63. The fourth-order valence-electron chi connectivity index (χ4n) is 3.04. The molecule has 0 atom stereocenters. The molecule has 2 aromatic rings. The average Bonchev–Trinajstić information content (AvgIpc) is 2.97. The number of aliphatic carboxylic acids is 2. The molecular formula is C15H14Br4N4O4. The molecule has 0 bridgehead atoms. The fourth-order valence-corrected chi connectivity index (χ4v) is 5.42. The van der Waals surface area contributed by atoms with Gasteiger partial charge >= 0.3 is 11.9 Å². The molecule has 2 N–H and O–H groups in total. The molecule has 0 unspecified atom stereocenters. The van der Waals surface area contributed by atoms with Crippen LogP contribution in [0.5, 0.6) is 0 Å². The third-order valence-corrected chi connectivity index (χ3v) is 8.98. The van der Waals surface area contributed by atoms with Crippen molar-refractivity contribution in [2.45, 2.75) is 6.54 Å². The first-order chi connectivity index (χ1) is 12.7. The molecular weight excluding hydrogens is 620 g/mol. The highest BCUT2D eigenvalue weighted by molar-refractivity contribution is 9.15. The monoisotopic (exact) mass is 630 g/mol. The highest BCUT2D eigenvalue weighted by Gasteiger charge is 2.27. The van der Waals surface area contributed by atoms with Gasteiger partial charge in [-0.05, 0) is 63.7 Å². The van der Waals surface area contributed by atoms with E-state index in [1.165, 1.54) is 0 Å². The molecule has 0 spiro atoms. The Kier molecular flexibility index (Phi) is 6.51. The fraction of sp³-hybridized carbons (Fsp3) is 0.400. The third-order valence-electron chi connectivity index (χ3n) is 4.25. The number of rotatable bonds is 5. The van der Waals surface area contributed by atoms with Crippen molar-refractivity contribution in [1.29, 1.82) is 0 Å². The lowest BCUT2D eigenvalue weighted by atomic mass is 10.3. The van der Waals surface area contributed by atoms with Gasteiger partial charge in [-0.15, -0.1) is 0 Å². The summed E-state index contributed by atoms with van der Waals surface area (Å²) in [4.78, 5) is 30.9. The Labute approximate surface area is 188 Å². The van der Waals surface area contributed by atoms with Gasteiger partial charge < -0.3 is 15.1 Å². The van der Waals surface area contributed by atoms with Gasteiger partial charge in [0.2, 0.25) is 5.95 Å². The molecule has 8 nitrogen and oxygen atoms in total. The number of carboxylic acid groups (broad SMARTS) is 2. The van der Waals surface area contributed by atoms with Crippen molar-refractivity contribution in [2.24, 2.45) is 0 Å². The van der Waals surface area contributed by atoms with Gasteiger partial charge in [0, 0.05) is 35.1 Å². The lowest BCUT2D eigenvalue weighted by Crippen LogP contribution is -2.48. The summed E-state index contributed by atoms with van der Waals surface area (Å²) >= 11 is 14.1. The van der Waals surface area contributed by atoms with Gasteiger partial charge in [0.25, 0.3) is 0 Å². The maximum Gasteiger partial charge on any atom is 0.323 e. The van der Waals surface area contributed by atoms with Gasteiger partial charge in [0.15, 0.2) is 0 Å². The van der Waals surface area contributed by atoms with E-state index in [2.05, 4.69) is 63.7 Å². The standard InChI is InChI=1S/C15H14Br4N4O4/c16-9-10(17)12(19)14-13(11(9)18)20-15(23(14)6-8(26)27)22-3-1-21(2-4-22)5-7(24)25/h1-6H2,(H,24,25)(H,26,27). The van der Waals surface area contributed by atoms with Crippen LogP contribution in [-0.4, -0.2) is 69.3 Å². The molecule has 1 aromatic heterocycles. The van der Waals surface area contributed by atoms with Gasteiger partial charge in [0.05, 0.1) is 21.0 Å². The number of carbonyl (C=O) groups is 2. The first-order valence-electron chi connectivity index (χ1n) is 7.83. The molecule has 1 saturated heterocycles. The molecule has 27 heavy (non-hydrogen) atoms. The summed E-state index contributed by atoms with van der Waals surface area (Å²) in [5, 5.41) is 18.3. The number of anilines is 1. The first kappa shape index (κ1) is 21.0. The molecule has 1 aromatic carbocycles. The molecule has 12 heteroatoms. The van der Waals surface area contributed by atoms with Crippen LogP contribution in [0.2, 0.25) is 0 Å². The van der Waals surface area contributed by atoms with Crippen LogP contribution in [0.4, 0.5) is 5.95 Å². The molecule has 0 aliphatic carbocycles. The average molecular weight is 634 g/mol. The molecule has 0 radical (unpaired) electrons. The summed E-state index contributed by atoms with van der Waals surface area (Å²) in [5.74, 6) is -1.28. The zero-order chi connectivity index (χ0) is 19.9. The van der Waals surface area contributed by atoms with Crippen LogP contribution in [-0.2, 0) is 16.1 Å². The normalized spacial score (nSPS) is 15.5. The lowest BCUT2D eigenvalue weighted by Gasteiger charge is -2.34. The van der Waals surface area contributed by atoms with Gasteiger partial charge in [-0.1, -0.05) is 0 Å². The van der Waals surface area contributed by atoms with Crippen LogP contribution < -0.4 is 4.90 Å². The Hall–Kier alpha value is -0.690. The van der Waals surface area contributed by atoms with E-state index in [0.29, 0.717) is 47.6 Å². The van der Waals surface area contributed by atoms with Crippen LogP contribution in [0, 0.1) is 0 Å². The number of halogens is 4. The van der Waals surface area contributed by atoms with Crippen molar-refractivity contribution in [3.8, 4) is 0 Å². The Morgan fingerprint density at radius 2 is 1.41 bits per heavy atom. The highest BCUT2D eigenvalue weighted by Crippen LogP contribution is 2.44. The van der Waals surface area contributed by atoms with E-state index in [0.717, 1.165) is 13.4 Å². The number of nitrogens with zero attached hydrogens (tertiary/aromatic N) is 4. The maximum atomic E-state index is 11.5. The number of aromatic nitrogens is 2. The SMILES string of the molecule is O=C(O)CN1CCN(c2nc3c(Br)c(Br)c(Br)c(Br)c3n2CC(=O)O)CC1. The van der Waals surface area contributed by atoms with Crippen molar-refractivity contribution in [2.75, 3.05) is 37.6 Å². The summed E-state index contributed by atoms with van der Waals surface area (Å²) in [6, 6.07) is 0. The topological polar surface area (TPSA) is 98.9 Å². The van der Waals surface area contributed by atoms with E-state index < -0.39 is 11.9 Å². The lowest BCUT2D eigenvalue weighted by molar-refractivity contribution is -0.139. The zero-order valence-corrected chi connectivity index (χ0v) is 20.1. The number of hydrogen-bond donors (Lipinski definition) is 2. The van der Waals surface area contributed by atoms with E-state index in [9.17, 15) is 14.7 Å². The number of imidazole rings is 1. The van der Waals surface area contributed by atoms with Crippen LogP contribution in [0.1, 0.15) is 0 Å². The largest absolute Gasteiger partial charge is 0.480 e. The van der Waals surface area contributed by atoms with Gasteiger partial charge in [-0.3, -0.25) is 19.1 Å². The minimum absolute atomic E-state index is 0.00360. The predicted octanol–water partition coefficient (Wildman–Crippen LogP) is 3.38. The van der Waals surface area contributed by atoms with E-state index in [4.69, 9.17) is 10.1 Å². The molecule has 0 amide bonds. The Morgan fingerprint density at radius 3 is 1.96 bits per heavy atom. The number of carboxylic acids is 2. The summed E-state index contributed by atoms with van der Waals surface area (Å²) in [6.45, 7) is 2.02. The van der Waals surface area contributed by atoms with Crippen molar-refractivity contribution in [3.63, 3.8) is 0 Å². The van der Waals surface area contributed by atoms with Gasteiger partial charge in [-0.2, -0.15) is 0 Å². The number of fused-ring (bicyclic) bond motifs is 1. The van der Waals surface area contributed by atoms with Crippen LogP contribution in [0.15, 0.2) is 17.9 Å². The van der Waals surface area contributed by atoms with E-state index in [1.54, 1.807) is 4.57 Å². The third kappa shape index (κ3) is 4.19. The molecule has 1 aliphatic rings. The van der Waals surface area contributed by atoms with Crippen LogP contribution >= 0.6 is 63.7 Å². The Morgan fingerprint density at radius 1 is 0.852 bits per heavy atom. The molecule has 1 fully saturated rings. The number of benzene rings is 1. The van der Waals surface area contributed by atoms with E-state index in [1.807, 2.05) is 9.80 Å². The summed E-state index contributed by atoms with van der Waals surface area (Å²) in [5.41, 5.74) is 1.31. The van der Waals surface area contributed by atoms with Crippen LogP contribution in [0.3, 0.4) is 0 Å². The second-order valence-electron chi connectivity index (χ2n) is 6.00. The van der Waals surface area contributed by atoms with Gasteiger partial charge in [-0.25, -0.2) is 4.98 Å². The summed E-state index contributed by atoms with van der Waals surface area (Å²) in [7, 11) is 0. The first-order valence-corrected chi connectivity index (χ1v) is 11.0. The molecule has 3 rings (SSSR count). The summed E-state index contributed by atoms with van der Waals surface area (Å²) in [6.07, 6.45) is 0. The minimum Gasteiger partial charge on any atom is -0.480 e. The van der Waals surface area contributed by atoms with Crippen molar-refractivity contribution >= 4 is 92.6 Å². The zero-order valence-electron chi connectivity index (χ0n) is 13.8. The molecule has 1 aliphatic heterocycles. The van der Waals surface area contributed by atoms with Gasteiger partial charge in [0.1, 0.15) is 12.1 Å².